The van der Waals surface area contributed by atoms with E-state index in [-0.39, 0.29) is 24.2 Å². The second kappa shape index (κ2) is 21.6. The van der Waals surface area contributed by atoms with Crippen LogP contribution in [0.2, 0.25) is 0 Å². The lowest BCUT2D eigenvalue weighted by atomic mass is 9.52. The largest absolute Gasteiger partial charge is 0.493 e. The van der Waals surface area contributed by atoms with Crippen LogP contribution in [0.3, 0.4) is 0 Å². The summed E-state index contributed by atoms with van der Waals surface area (Å²) in [5, 5.41) is 0. The number of carbonyl (C=O) groups is 2. The van der Waals surface area contributed by atoms with Gasteiger partial charge in [-0.15, -0.1) is 0 Å². The minimum absolute atomic E-state index is 0.00997. The van der Waals surface area contributed by atoms with Crippen molar-refractivity contribution in [2.75, 3.05) is 70.0 Å². The average molecular weight is 963 g/mol. The van der Waals surface area contributed by atoms with Gasteiger partial charge in [0.15, 0.2) is 46.0 Å². The van der Waals surface area contributed by atoms with Crippen LogP contribution in [0.5, 0.6) is 46.0 Å². The molecule has 376 valence electrons. The van der Waals surface area contributed by atoms with Crippen molar-refractivity contribution < 1.29 is 57.0 Å². The topological polar surface area (TPSA) is 133 Å². The number of benzene rings is 4. The molecule has 4 aromatic rings. The van der Waals surface area contributed by atoms with E-state index in [4.69, 9.17) is 47.4 Å². The number of nitrogens with zero attached hydrogens (tertiary/aromatic N) is 2. The summed E-state index contributed by atoms with van der Waals surface area (Å²) in [7, 11) is 13.0. The molecule has 5 aliphatic rings. The highest BCUT2D eigenvalue weighted by Crippen LogP contribution is 2.61. The molecule has 4 aromatic carbocycles. The second-order valence-electron chi connectivity index (χ2n) is 19.4. The highest BCUT2D eigenvalue weighted by molar-refractivity contribution is 5.87. The van der Waals surface area contributed by atoms with Crippen LogP contribution in [0, 0.1) is 11.8 Å². The van der Waals surface area contributed by atoms with Gasteiger partial charge in [0, 0.05) is 61.7 Å². The van der Waals surface area contributed by atoms with Crippen molar-refractivity contribution in [1.82, 2.24) is 9.80 Å². The monoisotopic (exact) mass is 962 g/mol. The summed E-state index contributed by atoms with van der Waals surface area (Å²) in [5.41, 5.74) is 3.81. The summed E-state index contributed by atoms with van der Waals surface area (Å²) in [6, 6.07) is 24.1. The van der Waals surface area contributed by atoms with Crippen LogP contribution in [0.25, 0.3) is 0 Å². The van der Waals surface area contributed by atoms with Crippen LogP contribution in [-0.2, 0) is 19.1 Å². The Morgan fingerprint density at radius 1 is 0.400 bits per heavy atom. The third-order valence-electron chi connectivity index (χ3n) is 16.0. The SMILES string of the molecule is COc1ccc([C@@H]2[C@@H](C(=O)O[C@H]3C[C@@H]4CCCCN4[C@H](c4ccc(OC)c(OC)c4)C3)[C@@H](C(=O)O[C@H]3C[C@@H]4CCCCN4[C@H](c4ccc(OC)c(OC)c4)C3)[C@@H]2c2ccc(OC)c(OC)c2)cc1OC. The van der Waals surface area contributed by atoms with Crippen LogP contribution in [0.4, 0.5) is 0 Å². The third-order valence-corrected chi connectivity index (χ3v) is 16.0. The molecular weight excluding hydrogens is 893 g/mol. The first kappa shape index (κ1) is 49.1. The van der Waals surface area contributed by atoms with Crippen molar-refractivity contribution in [1.29, 1.82) is 0 Å². The van der Waals surface area contributed by atoms with Crippen molar-refractivity contribution in [2.24, 2.45) is 11.8 Å². The van der Waals surface area contributed by atoms with E-state index in [9.17, 15) is 0 Å². The van der Waals surface area contributed by atoms with E-state index in [1.807, 2.05) is 60.7 Å². The van der Waals surface area contributed by atoms with Crippen LogP contribution < -0.4 is 37.9 Å². The molecule has 14 nitrogen and oxygen atoms in total. The predicted molar refractivity (Wildman–Crippen MR) is 263 cm³/mol. The molecule has 9 rings (SSSR count). The van der Waals surface area contributed by atoms with Crippen molar-refractivity contribution in [3.8, 4) is 46.0 Å². The second-order valence-corrected chi connectivity index (χ2v) is 19.4. The van der Waals surface area contributed by atoms with Gasteiger partial charge in [0.2, 0.25) is 0 Å². The molecule has 70 heavy (non-hydrogen) atoms. The Hall–Kier alpha value is -5.86. The Morgan fingerprint density at radius 3 is 1.04 bits per heavy atom. The summed E-state index contributed by atoms with van der Waals surface area (Å²) in [6.07, 6.45) is 8.25. The maximum atomic E-state index is 15.5. The highest BCUT2D eigenvalue weighted by atomic mass is 16.6. The van der Waals surface area contributed by atoms with Gasteiger partial charge in [0.1, 0.15) is 12.2 Å². The Bertz CT molecular complexity index is 2310. The van der Waals surface area contributed by atoms with Crippen molar-refractivity contribution >= 4 is 11.9 Å². The summed E-state index contributed by atoms with van der Waals surface area (Å²) in [4.78, 5) is 36.1. The summed E-state index contributed by atoms with van der Waals surface area (Å²) in [6.45, 7) is 1.92. The van der Waals surface area contributed by atoms with Gasteiger partial charge in [0.25, 0.3) is 0 Å². The lowest BCUT2D eigenvalue weighted by Gasteiger charge is -2.52. The molecule has 4 saturated heterocycles. The predicted octanol–water partition coefficient (Wildman–Crippen LogP) is 9.47. The molecule has 0 N–H and O–H groups in total. The maximum Gasteiger partial charge on any atom is 0.310 e. The minimum atomic E-state index is -0.885. The smallest absolute Gasteiger partial charge is 0.310 e. The molecule has 1 saturated carbocycles. The highest BCUT2D eigenvalue weighted by Gasteiger charge is 2.61. The lowest BCUT2D eigenvalue weighted by Crippen LogP contribution is -2.55. The molecule has 0 spiro atoms. The molecule has 4 heterocycles. The molecule has 4 aliphatic heterocycles. The van der Waals surface area contributed by atoms with Crippen LogP contribution in [-0.4, -0.2) is 116 Å². The maximum absolute atomic E-state index is 15.5. The fourth-order valence-electron chi connectivity index (χ4n) is 12.7. The van der Waals surface area contributed by atoms with Gasteiger partial charge in [-0.2, -0.15) is 0 Å². The van der Waals surface area contributed by atoms with Gasteiger partial charge in [-0.25, -0.2) is 0 Å². The van der Waals surface area contributed by atoms with E-state index >= 15 is 9.59 Å². The molecule has 5 fully saturated rings. The first-order chi connectivity index (χ1) is 34.1. The van der Waals surface area contributed by atoms with Gasteiger partial charge in [0.05, 0.1) is 68.7 Å². The van der Waals surface area contributed by atoms with E-state index in [2.05, 4.69) is 21.9 Å². The molecule has 0 radical (unpaired) electrons. The van der Waals surface area contributed by atoms with Gasteiger partial charge in [-0.1, -0.05) is 37.1 Å². The first-order valence-electron chi connectivity index (χ1n) is 25.0. The zero-order valence-electron chi connectivity index (χ0n) is 42.0. The standard InChI is InChI=1S/C56H70N2O12/c1-61-43-19-15-33(25-47(43)65-5)41-31-39(29-37-13-9-11-23-57(37)41)69-55(59)53-51(35-17-21-45(63-3)49(27-35)67-7)52(36-18-22-46(64-4)50(28-36)68-8)54(53)56(60)70-40-30-38-14-10-12-24-58(38)42(32-40)34-16-20-44(62-2)48(26-34)66-6/h15-22,25-28,37-42,51-54H,9-14,23-24,29-32H2,1-8H3/t37-,38-,39-,40-,41-,42-,51-,52+,53+,54-/m0/s1. The van der Waals surface area contributed by atoms with Crippen molar-refractivity contribution in [3.05, 3.63) is 95.1 Å². The van der Waals surface area contributed by atoms with Gasteiger partial charge < -0.3 is 47.4 Å². The van der Waals surface area contributed by atoms with Crippen molar-refractivity contribution in [2.45, 2.75) is 112 Å². The number of hydrogen-bond donors (Lipinski definition) is 0. The number of rotatable bonds is 16. The van der Waals surface area contributed by atoms with E-state index in [0.29, 0.717) is 71.7 Å². The fourth-order valence-corrected chi connectivity index (χ4v) is 12.7. The quantitative estimate of drug-likeness (QED) is 0.0988. The Morgan fingerprint density at radius 2 is 0.714 bits per heavy atom. The Labute approximate surface area is 412 Å². The average Bonchev–Trinajstić information content (AvgIpc) is 3.39. The number of esters is 2. The van der Waals surface area contributed by atoms with Gasteiger partial charge in [-0.3, -0.25) is 19.4 Å². The summed E-state index contributed by atoms with van der Waals surface area (Å²) in [5.74, 6) is 1.20. The number of fused-ring (bicyclic) bond motifs is 2. The molecule has 0 bridgehead atoms. The van der Waals surface area contributed by atoms with Crippen LogP contribution in [0.1, 0.15) is 110 Å². The zero-order valence-corrected chi connectivity index (χ0v) is 42.0. The third kappa shape index (κ3) is 9.53. The summed E-state index contributed by atoms with van der Waals surface area (Å²) < 4.78 is 59.4. The Kier molecular flexibility index (Phi) is 15.2. The number of carbonyl (C=O) groups excluding carboxylic acids is 2. The molecular formula is C56H70N2O12. The first-order valence-corrected chi connectivity index (χ1v) is 25.0. The number of hydrogen-bond acceptors (Lipinski definition) is 14. The normalized spacial score (nSPS) is 27.6. The number of methoxy groups -OCH3 is 8. The van der Waals surface area contributed by atoms with E-state index in [1.165, 1.54) is 0 Å². The molecule has 0 aromatic heterocycles. The summed E-state index contributed by atoms with van der Waals surface area (Å²) >= 11 is 0. The zero-order chi connectivity index (χ0) is 49.1. The minimum Gasteiger partial charge on any atom is -0.493 e. The number of ether oxygens (including phenoxy) is 10. The molecule has 1 aliphatic carbocycles. The van der Waals surface area contributed by atoms with Gasteiger partial charge >= 0.3 is 11.9 Å². The fraction of sp³-hybridized carbons (Fsp3) is 0.536. The van der Waals surface area contributed by atoms with Crippen LogP contribution >= 0.6 is 0 Å². The van der Waals surface area contributed by atoms with E-state index < -0.39 is 47.8 Å². The van der Waals surface area contributed by atoms with Crippen LogP contribution in [0.15, 0.2) is 72.8 Å². The van der Waals surface area contributed by atoms with E-state index in [0.717, 1.165) is 73.9 Å². The lowest BCUT2D eigenvalue weighted by molar-refractivity contribution is -0.183. The molecule has 0 unspecified atom stereocenters. The Balaban J connectivity index is 1.08. The molecule has 0 amide bonds. The van der Waals surface area contributed by atoms with E-state index in [1.54, 1.807) is 56.9 Å². The van der Waals surface area contributed by atoms with Crippen molar-refractivity contribution in [3.63, 3.8) is 0 Å². The number of piperidine rings is 4. The molecule has 14 heteroatoms. The molecule has 10 atom stereocenters. The van der Waals surface area contributed by atoms with Gasteiger partial charge in [-0.05, 0) is 110 Å².